The molecule has 0 heterocycles. The summed E-state index contributed by atoms with van der Waals surface area (Å²) >= 11 is 0. The average Bonchev–Trinajstić information content (AvgIpc) is 3.05. The number of fused-ring (bicyclic) bond motifs is 3. The Morgan fingerprint density at radius 3 is 2.48 bits per heavy atom. The number of rotatable bonds is 1. The molecule has 2 aromatic carbocycles. The van der Waals surface area contributed by atoms with Crippen molar-refractivity contribution in [1.29, 1.82) is 0 Å². The Hall–Kier alpha value is -0.630. The fourth-order valence-electron chi connectivity index (χ4n) is 2.89. The van der Waals surface area contributed by atoms with Crippen LogP contribution in [0.2, 0.25) is 0 Å². The summed E-state index contributed by atoms with van der Waals surface area (Å²) in [5, 5.41) is 0. The molecule has 0 saturated heterocycles. The second-order valence-corrected chi connectivity index (χ2v) is 4.92. The number of allylic oxidation sites excluding steroid dienone is 4. The van der Waals surface area contributed by atoms with Crippen LogP contribution in [-0.2, 0) is 32.3 Å². The van der Waals surface area contributed by atoms with E-state index in [1.54, 1.807) is 0 Å². The van der Waals surface area contributed by atoms with Gasteiger partial charge in [0.1, 0.15) is 0 Å². The summed E-state index contributed by atoms with van der Waals surface area (Å²) in [4.78, 5) is 0. The van der Waals surface area contributed by atoms with E-state index in [-0.39, 0.29) is 50.7 Å². The van der Waals surface area contributed by atoms with Crippen LogP contribution in [0.5, 0.6) is 0 Å². The second-order valence-electron chi connectivity index (χ2n) is 4.92. The summed E-state index contributed by atoms with van der Waals surface area (Å²) in [6, 6.07) is 16.7. The van der Waals surface area contributed by atoms with Gasteiger partial charge in [-0.25, -0.2) is 0 Å². The van der Waals surface area contributed by atoms with Gasteiger partial charge in [-0.1, -0.05) is 47.5 Å². The normalized spacial score (nSPS) is 13.2. The number of hydrogen-bond acceptors (Lipinski definition) is 0. The Labute approximate surface area is 157 Å². The van der Waals surface area contributed by atoms with Gasteiger partial charge in [-0.3, -0.25) is 0 Å². The second kappa shape index (κ2) is 7.58. The van der Waals surface area contributed by atoms with E-state index in [0.29, 0.717) is 0 Å². The topological polar surface area (TPSA) is 0 Å². The van der Waals surface area contributed by atoms with Crippen LogP contribution in [0.1, 0.15) is 23.1 Å². The molecule has 2 aliphatic rings. The van der Waals surface area contributed by atoms with Gasteiger partial charge in [0, 0.05) is 25.8 Å². The van der Waals surface area contributed by atoms with Crippen molar-refractivity contribution in [2.75, 3.05) is 0 Å². The molecule has 2 aromatic rings. The number of benzene rings is 2. The first kappa shape index (κ1) is 18.4. The van der Waals surface area contributed by atoms with Crippen molar-refractivity contribution in [1.82, 2.24) is 0 Å². The first-order chi connectivity index (χ1) is 8.92. The quantitative estimate of drug-likeness (QED) is 0.330. The zero-order chi connectivity index (χ0) is 11.9. The van der Waals surface area contributed by atoms with E-state index in [9.17, 15) is 0 Å². The molecule has 0 amide bonds. The van der Waals surface area contributed by atoms with Crippen molar-refractivity contribution >= 4 is 30.4 Å². The van der Waals surface area contributed by atoms with Gasteiger partial charge in [0.15, 0.2) is 0 Å². The summed E-state index contributed by atoms with van der Waals surface area (Å²) < 4.78 is 0. The first-order valence-corrected chi connectivity index (χ1v) is 6.41. The molecule has 0 N–H and O–H groups in total. The van der Waals surface area contributed by atoms with Gasteiger partial charge >= 0.3 is 0 Å². The summed E-state index contributed by atoms with van der Waals surface area (Å²) in [7, 11) is 0. The maximum absolute atomic E-state index is 3.61. The van der Waals surface area contributed by atoms with E-state index in [2.05, 4.69) is 60.7 Å². The van der Waals surface area contributed by atoms with Gasteiger partial charge < -0.3 is 0 Å². The molecule has 0 bridgehead atoms. The predicted molar refractivity (Wildman–Crippen MR) is 89.8 cm³/mol. The van der Waals surface area contributed by atoms with E-state index in [1.165, 1.54) is 33.4 Å². The number of halogens is 2. The summed E-state index contributed by atoms with van der Waals surface area (Å²) in [5.74, 6) is 0. The molecule has 0 saturated carbocycles. The van der Waals surface area contributed by atoms with E-state index >= 15 is 0 Å². The van der Waals surface area contributed by atoms with Gasteiger partial charge in [0.05, 0.1) is 0 Å². The largest absolute Gasteiger partial charge is 0.147 e. The molecule has 0 spiro atoms. The van der Waals surface area contributed by atoms with Gasteiger partial charge in [-0.05, 0) is 18.4 Å². The molecule has 0 aliphatic heterocycles. The Balaban J connectivity index is 0.000000735. The van der Waals surface area contributed by atoms with Crippen LogP contribution in [0.25, 0.3) is 16.7 Å². The fourth-order valence-corrected chi connectivity index (χ4v) is 2.89. The van der Waals surface area contributed by atoms with Gasteiger partial charge in [0.2, 0.25) is 0 Å². The third-order valence-corrected chi connectivity index (χ3v) is 3.82. The van der Waals surface area contributed by atoms with Crippen molar-refractivity contribution in [3.05, 3.63) is 77.4 Å². The van der Waals surface area contributed by atoms with Gasteiger partial charge in [0.25, 0.3) is 0 Å². The van der Waals surface area contributed by atoms with Crippen LogP contribution in [-0.4, -0.2) is 0 Å². The molecular formula is C18H15Cl2Hf-. The maximum atomic E-state index is 3.61. The zero-order valence-corrected chi connectivity index (χ0v) is 16.7. The van der Waals surface area contributed by atoms with Crippen LogP contribution in [0, 0.1) is 6.07 Å². The van der Waals surface area contributed by atoms with E-state index in [0.717, 1.165) is 12.8 Å². The third kappa shape index (κ3) is 3.26. The predicted octanol–water partition coefficient (Wildman–Crippen LogP) is 5.24. The minimum atomic E-state index is 0. The molecule has 0 unspecified atom stereocenters. The standard InChI is InChI=1S/C18H13.2ClH.Hf/c1-2-6-13(5-1)14-9-10-18-16(11-14)12-15-7-3-4-8-17(15)18;;;/h1-5,7-10H,6,12H2;2*1H;/q-1;;;. The summed E-state index contributed by atoms with van der Waals surface area (Å²) in [6.45, 7) is 0. The van der Waals surface area contributed by atoms with Crippen molar-refractivity contribution in [2.45, 2.75) is 12.8 Å². The smallest absolute Gasteiger partial charge is 0 e. The monoisotopic (exact) mass is 481 g/mol. The van der Waals surface area contributed by atoms with Crippen molar-refractivity contribution in [3.8, 4) is 11.1 Å². The summed E-state index contributed by atoms with van der Waals surface area (Å²) in [6.07, 6.45) is 8.60. The molecule has 0 fully saturated rings. The Kier molecular flexibility index (Phi) is 6.65. The van der Waals surface area contributed by atoms with E-state index in [1.807, 2.05) is 0 Å². The van der Waals surface area contributed by atoms with Crippen molar-refractivity contribution < 1.29 is 25.8 Å². The molecule has 0 radical (unpaired) electrons. The Bertz CT molecular complexity index is 702. The van der Waals surface area contributed by atoms with Gasteiger partial charge in [-0.2, -0.15) is 0 Å². The zero-order valence-electron chi connectivity index (χ0n) is 11.4. The van der Waals surface area contributed by atoms with E-state index < -0.39 is 0 Å². The molecule has 4 rings (SSSR count). The maximum Gasteiger partial charge on any atom is 0 e. The first-order valence-electron chi connectivity index (χ1n) is 6.41. The molecular weight excluding hydrogens is 466 g/mol. The molecule has 2 aliphatic carbocycles. The minimum absolute atomic E-state index is 0. The molecule has 3 heteroatoms. The van der Waals surface area contributed by atoms with Gasteiger partial charge in [-0.15, -0.1) is 65.8 Å². The summed E-state index contributed by atoms with van der Waals surface area (Å²) in [5.41, 5.74) is 8.16. The van der Waals surface area contributed by atoms with Crippen molar-refractivity contribution in [3.63, 3.8) is 0 Å². The van der Waals surface area contributed by atoms with Crippen LogP contribution < -0.4 is 0 Å². The van der Waals surface area contributed by atoms with Crippen LogP contribution in [0.4, 0.5) is 0 Å². The third-order valence-electron chi connectivity index (χ3n) is 3.82. The van der Waals surface area contributed by atoms with Crippen LogP contribution in [0.15, 0.2) is 54.6 Å². The average molecular weight is 481 g/mol. The molecule has 0 nitrogen and oxygen atoms in total. The number of hydrogen-bond donors (Lipinski definition) is 0. The minimum Gasteiger partial charge on any atom is -0.147 e. The molecule has 106 valence electrons. The molecule has 0 aromatic heterocycles. The van der Waals surface area contributed by atoms with Crippen molar-refractivity contribution in [2.24, 2.45) is 0 Å². The molecule has 21 heavy (non-hydrogen) atoms. The fraction of sp³-hybridized carbons (Fsp3) is 0.111. The van der Waals surface area contributed by atoms with Crippen LogP contribution >= 0.6 is 24.8 Å². The molecule has 0 atom stereocenters. The Morgan fingerprint density at radius 2 is 1.71 bits per heavy atom. The Morgan fingerprint density at radius 1 is 0.905 bits per heavy atom. The SMILES string of the molecule is Cl.Cl.[Hf].[c-]1c(C2=CC=CC2)ccc2c1Cc1ccccc1-2. The van der Waals surface area contributed by atoms with E-state index in [4.69, 9.17) is 0 Å². The van der Waals surface area contributed by atoms with Crippen LogP contribution in [0.3, 0.4) is 0 Å².